The Bertz CT molecular complexity index is 597. The largest absolute Gasteiger partial charge is 0.459 e. The second-order valence-corrected chi connectivity index (χ2v) is 5.76. The average molecular weight is 293 g/mol. The minimum atomic E-state index is -0.322. The Hall–Kier alpha value is -1.50. The van der Waals surface area contributed by atoms with Crippen molar-refractivity contribution in [3.63, 3.8) is 0 Å². The first-order valence-electron chi connectivity index (χ1n) is 6.46. The molecule has 0 aliphatic rings. The Morgan fingerprint density at radius 3 is 2.90 bits per heavy atom. The number of nitrogen functional groups attached to an aromatic ring is 1. The SMILES string of the molecule is CC(CN)CSCc1oc2ccccc2c1C(=O)NN. The van der Waals surface area contributed by atoms with Gasteiger partial charge in [-0.3, -0.25) is 10.2 Å². The van der Waals surface area contributed by atoms with Gasteiger partial charge in [-0.2, -0.15) is 11.8 Å². The van der Waals surface area contributed by atoms with Gasteiger partial charge in [0.05, 0.1) is 11.3 Å². The number of hydrazine groups is 1. The molecule has 1 aromatic carbocycles. The standard InChI is InChI=1S/C14H19N3O2S/c1-9(6-15)7-20-8-12-13(14(18)17-16)10-4-2-3-5-11(10)19-12/h2-5,9H,6-8,15-16H2,1H3,(H,17,18). The third-order valence-corrected chi connectivity index (χ3v) is 4.34. The summed E-state index contributed by atoms with van der Waals surface area (Å²) in [5.74, 6) is 7.59. The van der Waals surface area contributed by atoms with E-state index in [0.717, 1.165) is 11.1 Å². The molecule has 2 aromatic rings. The number of carbonyl (C=O) groups is 1. The fraction of sp³-hybridized carbons (Fsp3) is 0.357. The van der Waals surface area contributed by atoms with Crippen LogP contribution in [0.5, 0.6) is 0 Å². The van der Waals surface area contributed by atoms with Crippen LogP contribution in [0.4, 0.5) is 0 Å². The number of nitrogens with one attached hydrogen (secondary N) is 1. The van der Waals surface area contributed by atoms with Gasteiger partial charge in [-0.05, 0) is 24.3 Å². The zero-order valence-electron chi connectivity index (χ0n) is 11.4. The second-order valence-electron chi connectivity index (χ2n) is 4.73. The van der Waals surface area contributed by atoms with Crippen molar-refractivity contribution in [3.8, 4) is 0 Å². The number of nitrogens with two attached hydrogens (primary N) is 2. The third kappa shape index (κ3) is 3.15. The van der Waals surface area contributed by atoms with Crippen LogP contribution >= 0.6 is 11.8 Å². The summed E-state index contributed by atoms with van der Waals surface area (Å²) >= 11 is 1.70. The molecule has 0 aliphatic heterocycles. The van der Waals surface area contributed by atoms with Crippen molar-refractivity contribution >= 4 is 28.6 Å². The van der Waals surface area contributed by atoms with Crippen molar-refractivity contribution in [1.82, 2.24) is 5.43 Å². The molecule has 1 heterocycles. The van der Waals surface area contributed by atoms with Gasteiger partial charge < -0.3 is 10.2 Å². The molecule has 0 saturated carbocycles. The Balaban J connectivity index is 2.25. The van der Waals surface area contributed by atoms with Crippen LogP contribution in [-0.2, 0) is 5.75 Å². The summed E-state index contributed by atoms with van der Waals surface area (Å²) < 4.78 is 5.77. The van der Waals surface area contributed by atoms with E-state index in [9.17, 15) is 4.79 Å². The van der Waals surface area contributed by atoms with E-state index >= 15 is 0 Å². The molecule has 1 atom stereocenters. The summed E-state index contributed by atoms with van der Waals surface area (Å²) in [6, 6.07) is 7.46. The third-order valence-electron chi connectivity index (χ3n) is 3.06. The molecule has 2 rings (SSSR count). The van der Waals surface area contributed by atoms with Crippen LogP contribution in [-0.4, -0.2) is 18.2 Å². The highest BCUT2D eigenvalue weighted by atomic mass is 32.2. The van der Waals surface area contributed by atoms with Crippen LogP contribution in [0.3, 0.4) is 0 Å². The second kappa shape index (κ2) is 6.78. The van der Waals surface area contributed by atoms with Crippen LogP contribution in [0.25, 0.3) is 11.0 Å². The minimum Gasteiger partial charge on any atom is -0.459 e. The summed E-state index contributed by atoms with van der Waals surface area (Å²) in [5.41, 5.74) is 9.00. The van der Waals surface area contributed by atoms with E-state index in [1.807, 2.05) is 24.3 Å². The Morgan fingerprint density at radius 1 is 1.45 bits per heavy atom. The van der Waals surface area contributed by atoms with E-state index in [1.54, 1.807) is 11.8 Å². The number of carbonyl (C=O) groups excluding carboxylic acids is 1. The molecule has 1 amide bonds. The quantitative estimate of drug-likeness (QED) is 0.429. The van der Waals surface area contributed by atoms with Crippen molar-refractivity contribution < 1.29 is 9.21 Å². The lowest BCUT2D eigenvalue weighted by Gasteiger charge is -2.07. The molecule has 1 aromatic heterocycles. The first-order chi connectivity index (χ1) is 9.67. The topological polar surface area (TPSA) is 94.3 Å². The molecule has 0 bridgehead atoms. The van der Waals surface area contributed by atoms with Gasteiger partial charge in [0.25, 0.3) is 5.91 Å². The zero-order valence-corrected chi connectivity index (χ0v) is 12.2. The number of thioether (sulfide) groups is 1. The summed E-state index contributed by atoms with van der Waals surface area (Å²) in [4.78, 5) is 11.9. The van der Waals surface area contributed by atoms with E-state index < -0.39 is 0 Å². The molecule has 1 unspecified atom stereocenters. The maximum atomic E-state index is 11.9. The number of amides is 1. The molecule has 0 radical (unpaired) electrons. The fourth-order valence-electron chi connectivity index (χ4n) is 1.94. The molecule has 5 N–H and O–H groups in total. The van der Waals surface area contributed by atoms with Crippen LogP contribution in [0.1, 0.15) is 23.0 Å². The van der Waals surface area contributed by atoms with Gasteiger partial charge >= 0.3 is 0 Å². The van der Waals surface area contributed by atoms with Crippen molar-refractivity contribution in [1.29, 1.82) is 0 Å². The van der Waals surface area contributed by atoms with Gasteiger partial charge in [-0.15, -0.1) is 0 Å². The smallest absolute Gasteiger partial charge is 0.269 e. The number of hydrogen-bond donors (Lipinski definition) is 3. The maximum absolute atomic E-state index is 11.9. The lowest BCUT2D eigenvalue weighted by Crippen LogP contribution is -2.30. The predicted octanol–water partition coefficient (Wildman–Crippen LogP) is 1.86. The Kier molecular flexibility index (Phi) is 5.05. The van der Waals surface area contributed by atoms with Crippen LogP contribution in [0.2, 0.25) is 0 Å². The first kappa shape index (κ1) is 14.9. The summed E-state index contributed by atoms with van der Waals surface area (Å²) in [6.45, 7) is 2.75. The minimum absolute atomic E-state index is 0.322. The molecular weight excluding hydrogens is 274 g/mol. The van der Waals surface area contributed by atoms with E-state index in [2.05, 4.69) is 12.3 Å². The first-order valence-corrected chi connectivity index (χ1v) is 7.62. The van der Waals surface area contributed by atoms with Crippen LogP contribution in [0.15, 0.2) is 28.7 Å². The number of benzene rings is 1. The maximum Gasteiger partial charge on any atom is 0.269 e. The van der Waals surface area contributed by atoms with Crippen LogP contribution in [0, 0.1) is 5.92 Å². The summed E-state index contributed by atoms with van der Waals surface area (Å²) in [7, 11) is 0. The van der Waals surface area contributed by atoms with Gasteiger partial charge in [0, 0.05) is 5.39 Å². The van der Waals surface area contributed by atoms with Gasteiger partial charge in [0.2, 0.25) is 0 Å². The number of fused-ring (bicyclic) bond motifs is 1. The molecule has 0 aliphatic carbocycles. The highest BCUT2D eigenvalue weighted by molar-refractivity contribution is 7.98. The number of rotatable bonds is 6. The lowest BCUT2D eigenvalue weighted by atomic mass is 10.1. The summed E-state index contributed by atoms with van der Waals surface area (Å²) in [5, 5.41) is 0.790. The molecule has 0 saturated heterocycles. The molecule has 6 heteroatoms. The van der Waals surface area contributed by atoms with E-state index in [0.29, 0.717) is 35.1 Å². The van der Waals surface area contributed by atoms with Gasteiger partial charge in [0.15, 0.2) is 0 Å². The normalized spacial score (nSPS) is 12.6. The van der Waals surface area contributed by atoms with Gasteiger partial charge in [-0.25, -0.2) is 5.84 Å². The van der Waals surface area contributed by atoms with E-state index in [1.165, 1.54) is 0 Å². The molecule has 20 heavy (non-hydrogen) atoms. The molecule has 0 fully saturated rings. The Labute approximate surface area is 122 Å². The monoisotopic (exact) mass is 293 g/mol. The highest BCUT2D eigenvalue weighted by Gasteiger charge is 2.19. The lowest BCUT2D eigenvalue weighted by molar-refractivity contribution is 0.0953. The average Bonchev–Trinajstić information content (AvgIpc) is 2.84. The highest BCUT2D eigenvalue weighted by Crippen LogP contribution is 2.29. The van der Waals surface area contributed by atoms with E-state index in [4.69, 9.17) is 16.0 Å². The van der Waals surface area contributed by atoms with Crippen molar-refractivity contribution in [3.05, 3.63) is 35.6 Å². The van der Waals surface area contributed by atoms with E-state index in [-0.39, 0.29) is 5.91 Å². The molecule has 0 spiro atoms. The van der Waals surface area contributed by atoms with Gasteiger partial charge in [-0.1, -0.05) is 25.1 Å². The number of furan rings is 1. The van der Waals surface area contributed by atoms with Crippen molar-refractivity contribution in [2.24, 2.45) is 17.5 Å². The molecular formula is C14H19N3O2S. The van der Waals surface area contributed by atoms with Gasteiger partial charge in [0.1, 0.15) is 11.3 Å². The summed E-state index contributed by atoms with van der Waals surface area (Å²) in [6.07, 6.45) is 0. The number of hydrogen-bond acceptors (Lipinski definition) is 5. The number of para-hydroxylation sites is 1. The Morgan fingerprint density at radius 2 is 2.20 bits per heavy atom. The fourth-order valence-corrected chi connectivity index (χ4v) is 2.98. The zero-order chi connectivity index (χ0) is 14.5. The van der Waals surface area contributed by atoms with Crippen LogP contribution < -0.4 is 17.0 Å². The molecule has 108 valence electrons. The predicted molar refractivity (Wildman–Crippen MR) is 82.2 cm³/mol. The van der Waals surface area contributed by atoms with Crippen molar-refractivity contribution in [2.45, 2.75) is 12.7 Å². The van der Waals surface area contributed by atoms with Crippen molar-refractivity contribution in [2.75, 3.05) is 12.3 Å². The molecule has 5 nitrogen and oxygen atoms in total.